The fourth-order valence-electron chi connectivity index (χ4n) is 2.60. The van der Waals surface area contributed by atoms with Gasteiger partial charge in [0.2, 0.25) is 0 Å². The molecule has 0 aliphatic heterocycles. The lowest BCUT2D eigenvalue weighted by molar-refractivity contribution is 1.09. The van der Waals surface area contributed by atoms with Gasteiger partial charge in [-0.15, -0.1) is 0 Å². The van der Waals surface area contributed by atoms with Gasteiger partial charge in [0.25, 0.3) is 0 Å². The van der Waals surface area contributed by atoms with Crippen LogP contribution in [-0.4, -0.2) is 4.98 Å². The van der Waals surface area contributed by atoms with Crippen LogP contribution in [0.5, 0.6) is 0 Å². The summed E-state index contributed by atoms with van der Waals surface area (Å²) in [6.07, 6.45) is 1.77. The maximum absolute atomic E-state index is 6.21. The minimum Gasteiger partial charge on any atom is -0.380 e. The Morgan fingerprint density at radius 1 is 1.00 bits per heavy atom. The Kier molecular flexibility index (Phi) is 3.80. The number of hydrogen-bond donors (Lipinski definition) is 1. The van der Waals surface area contributed by atoms with E-state index in [4.69, 9.17) is 11.6 Å². The Balaban J connectivity index is 1.94. The second-order valence-corrected chi connectivity index (χ2v) is 5.63. The Labute approximate surface area is 129 Å². The van der Waals surface area contributed by atoms with Crippen LogP contribution in [0, 0.1) is 13.8 Å². The molecular weight excluding hydrogens is 280 g/mol. The standard InChI is InChI=1S/C18H17ClN2/c1-12-5-3-6-13(2)15(12)11-21-17-9-8-16(19)18-14(17)7-4-10-20-18/h3-10,21H,11H2,1-2H3. The molecule has 1 heterocycles. The monoisotopic (exact) mass is 296 g/mol. The van der Waals surface area contributed by atoms with Crippen molar-refractivity contribution in [3.63, 3.8) is 0 Å². The molecule has 0 spiro atoms. The Morgan fingerprint density at radius 3 is 2.52 bits per heavy atom. The molecule has 2 nitrogen and oxygen atoms in total. The summed E-state index contributed by atoms with van der Waals surface area (Å²) in [6, 6.07) is 14.3. The van der Waals surface area contributed by atoms with Crippen molar-refractivity contribution in [2.45, 2.75) is 20.4 Å². The topological polar surface area (TPSA) is 24.9 Å². The van der Waals surface area contributed by atoms with Crippen molar-refractivity contribution in [3.05, 3.63) is 70.4 Å². The van der Waals surface area contributed by atoms with Gasteiger partial charge in [0, 0.05) is 23.8 Å². The number of hydrogen-bond acceptors (Lipinski definition) is 2. The van der Waals surface area contributed by atoms with Crippen LogP contribution >= 0.6 is 11.6 Å². The first kappa shape index (κ1) is 13.9. The molecule has 0 radical (unpaired) electrons. The normalized spacial score (nSPS) is 10.8. The zero-order chi connectivity index (χ0) is 14.8. The molecule has 0 saturated carbocycles. The quantitative estimate of drug-likeness (QED) is 0.726. The molecule has 3 rings (SSSR count). The Bertz CT molecular complexity index is 776. The van der Waals surface area contributed by atoms with Gasteiger partial charge < -0.3 is 5.32 Å². The van der Waals surface area contributed by atoms with Gasteiger partial charge in [0.05, 0.1) is 10.5 Å². The molecule has 0 saturated heterocycles. The molecule has 0 atom stereocenters. The highest BCUT2D eigenvalue weighted by atomic mass is 35.5. The molecule has 1 N–H and O–H groups in total. The van der Waals surface area contributed by atoms with Crippen molar-refractivity contribution in [1.29, 1.82) is 0 Å². The summed E-state index contributed by atoms with van der Waals surface area (Å²) in [5.74, 6) is 0. The van der Waals surface area contributed by atoms with E-state index in [1.165, 1.54) is 16.7 Å². The van der Waals surface area contributed by atoms with Gasteiger partial charge >= 0.3 is 0 Å². The van der Waals surface area contributed by atoms with Crippen molar-refractivity contribution in [3.8, 4) is 0 Å². The van der Waals surface area contributed by atoms with Crippen LogP contribution in [0.15, 0.2) is 48.7 Å². The summed E-state index contributed by atoms with van der Waals surface area (Å²) in [6.45, 7) is 5.08. The first-order chi connectivity index (χ1) is 10.2. The van der Waals surface area contributed by atoms with E-state index in [0.717, 1.165) is 23.1 Å². The zero-order valence-electron chi connectivity index (χ0n) is 12.2. The Hall–Kier alpha value is -2.06. The van der Waals surface area contributed by atoms with Crippen LogP contribution < -0.4 is 5.32 Å². The van der Waals surface area contributed by atoms with Gasteiger partial charge in [-0.1, -0.05) is 29.8 Å². The third-order valence-corrected chi connectivity index (χ3v) is 4.13. The SMILES string of the molecule is Cc1cccc(C)c1CNc1ccc(Cl)c2ncccc12. The van der Waals surface area contributed by atoms with Gasteiger partial charge in [0.1, 0.15) is 0 Å². The van der Waals surface area contributed by atoms with Crippen LogP contribution in [0.25, 0.3) is 10.9 Å². The first-order valence-corrected chi connectivity index (χ1v) is 7.37. The molecule has 0 bridgehead atoms. The highest BCUT2D eigenvalue weighted by molar-refractivity contribution is 6.35. The molecule has 2 aromatic carbocycles. The third-order valence-electron chi connectivity index (χ3n) is 3.82. The van der Waals surface area contributed by atoms with E-state index in [1.54, 1.807) is 6.20 Å². The van der Waals surface area contributed by atoms with Crippen LogP contribution in [0.4, 0.5) is 5.69 Å². The van der Waals surface area contributed by atoms with Gasteiger partial charge in [0.15, 0.2) is 0 Å². The van der Waals surface area contributed by atoms with E-state index in [9.17, 15) is 0 Å². The van der Waals surface area contributed by atoms with Crippen molar-refractivity contribution in [2.24, 2.45) is 0 Å². The highest BCUT2D eigenvalue weighted by Gasteiger charge is 2.07. The lowest BCUT2D eigenvalue weighted by Gasteiger charge is -2.14. The van der Waals surface area contributed by atoms with Gasteiger partial charge in [-0.05, 0) is 54.8 Å². The molecule has 0 aliphatic rings. The maximum Gasteiger partial charge on any atom is 0.0908 e. The summed E-state index contributed by atoms with van der Waals surface area (Å²) in [7, 11) is 0. The lowest BCUT2D eigenvalue weighted by Crippen LogP contribution is -2.04. The Morgan fingerprint density at radius 2 is 1.76 bits per heavy atom. The number of fused-ring (bicyclic) bond motifs is 1. The van der Waals surface area contributed by atoms with Gasteiger partial charge in [-0.2, -0.15) is 0 Å². The summed E-state index contributed by atoms with van der Waals surface area (Å²) < 4.78 is 0. The largest absolute Gasteiger partial charge is 0.380 e. The third kappa shape index (κ3) is 2.72. The second-order valence-electron chi connectivity index (χ2n) is 5.22. The van der Waals surface area contributed by atoms with Crippen molar-refractivity contribution in [1.82, 2.24) is 4.98 Å². The molecule has 0 aliphatic carbocycles. The number of rotatable bonds is 3. The van der Waals surface area contributed by atoms with Crippen molar-refractivity contribution in [2.75, 3.05) is 5.32 Å². The number of aromatic nitrogens is 1. The van der Waals surface area contributed by atoms with Crippen LogP contribution in [-0.2, 0) is 6.54 Å². The molecule has 21 heavy (non-hydrogen) atoms. The maximum atomic E-state index is 6.21. The smallest absolute Gasteiger partial charge is 0.0908 e. The minimum atomic E-state index is 0.684. The molecule has 3 heteroatoms. The van der Waals surface area contributed by atoms with E-state index >= 15 is 0 Å². The number of nitrogens with zero attached hydrogens (tertiary/aromatic N) is 1. The van der Waals surface area contributed by atoms with E-state index in [1.807, 2.05) is 24.3 Å². The van der Waals surface area contributed by atoms with Crippen LogP contribution in [0.1, 0.15) is 16.7 Å². The molecule has 0 amide bonds. The van der Waals surface area contributed by atoms with E-state index < -0.39 is 0 Å². The fraction of sp³-hybridized carbons (Fsp3) is 0.167. The van der Waals surface area contributed by atoms with Crippen molar-refractivity contribution < 1.29 is 0 Å². The predicted molar refractivity (Wildman–Crippen MR) is 90.0 cm³/mol. The minimum absolute atomic E-state index is 0.684. The van der Waals surface area contributed by atoms with E-state index in [-0.39, 0.29) is 0 Å². The number of nitrogens with one attached hydrogen (secondary N) is 1. The number of halogens is 1. The van der Waals surface area contributed by atoms with Crippen LogP contribution in [0.3, 0.4) is 0 Å². The van der Waals surface area contributed by atoms with Gasteiger partial charge in [-0.25, -0.2) is 0 Å². The molecule has 0 unspecified atom stereocenters. The lowest BCUT2D eigenvalue weighted by atomic mass is 10.0. The number of aryl methyl sites for hydroxylation is 2. The van der Waals surface area contributed by atoms with Crippen LogP contribution in [0.2, 0.25) is 5.02 Å². The summed E-state index contributed by atoms with van der Waals surface area (Å²) in [4.78, 5) is 4.36. The number of pyridine rings is 1. The molecule has 0 fully saturated rings. The first-order valence-electron chi connectivity index (χ1n) is 6.99. The molecular formula is C18H17ClN2. The van der Waals surface area contributed by atoms with E-state index in [2.05, 4.69) is 42.3 Å². The van der Waals surface area contributed by atoms with E-state index in [0.29, 0.717) is 5.02 Å². The summed E-state index contributed by atoms with van der Waals surface area (Å²) in [5.41, 5.74) is 5.85. The number of anilines is 1. The molecule has 3 aromatic rings. The number of benzene rings is 2. The van der Waals surface area contributed by atoms with Gasteiger partial charge in [-0.3, -0.25) is 4.98 Å². The average molecular weight is 297 g/mol. The average Bonchev–Trinajstić information content (AvgIpc) is 2.49. The zero-order valence-corrected chi connectivity index (χ0v) is 12.9. The second kappa shape index (κ2) is 5.74. The fourth-order valence-corrected chi connectivity index (χ4v) is 2.82. The highest BCUT2D eigenvalue weighted by Crippen LogP contribution is 2.28. The molecule has 1 aromatic heterocycles. The summed E-state index contributed by atoms with van der Waals surface area (Å²) in [5, 5.41) is 5.25. The predicted octanol–water partition coefficient (Wildman–Crippen LogP) is 5.12. The summed E-state index contributed by atoms with van der Waals surface area (Å²) >= 11 is 6.21. The van der Waals surface area contributed by atoms with Crippen molar-refractivity contribution >= 4 is 28.2 Å². The molecule has 106 valence electrons.